The molecule has 19 heavy (non-hydrogen) atoms. The molecule has 1 atom stereocenters. The molecular formula is C15H27NO3. The van der Waals surface area contributed by atoms with E-state index < -0.39 is 0 Å². The molecule has 2 rings (SSSR count). The van der Waals surface area contributed by atoms with Crippen LogP contribution in [-0.2, 0) is 14.3 Å². The van der Waals surface area contributed by atoms with Gasteiger partial charge in [-0.1, -0.05) is 19.3 Å². The Bertz CT molecular complexity index is 271. The van der Waals surface area contributed by atoms with Crippen molar-refractivity contribution in [3.8, 4) is 0 Å². The standard InChI is InChI=1S/C15H27NO3/c1-16(13-6-3-2-4-7-13)15(17)9-11-18-12-14-8-5-10-19-14/h13-14H,2-12H2,1H3. The Kier molecular flexibility index (Phi) is 6.11. The first-order valence-corrected chi connectivity index (χ1v) is 7.72. The third-order valence-corrected chi connectivity index (χ3v) is 4.30. The number of amides is 1. The van der Waals surface area contributed by atoms with Crippen LogP contribution in [0, 0.1) is 0 Å². The molecule has 0 aromatic heterocycles. The number of hydrogen-bond donors (Lipinski definition) is 0. The van der Waals surface area contributed by atoms with Crippen LogP contribution in [0.15, 0.2) is 0 Å². The van der Waals surface area contributed by atoms with E-state index >= 15 is 0 Å². The number of carbonyl (C=O) groups is 1. The van der Waals surface area contributed by atoms with Crippen molar-refractivity contribution in [3.63, 3.8) is 0 Å². The SMILES string of the molecule is CN(C(=O)CCOCC1CCCO1)C1CCCCC1. The predicted octanol–water partition coefficient (Wildman–Crippen LogP) is 2.36. The van der Waals surface area contributed by atoms with E-state index in [0.29, 0.717) is 25.7 Å². The lowest BCUT2D eigenvalue weighted by Gasteiger charge is -2.31. The molecule has 0 aromatic rings. The number of hydrogen-bond acceptors (Lipinski definition) is 3. The van der Waals surface area contributed by atoms with E-state index in [1.807, 2.05) is 11.9 Å². The van der Waals surface area contributed by atoms with E-state index in [9.17, 15) is 4.79 Å². The van der Waals surface area contributed by atoms with E-state index in [1.54, 1.807) is 0 Å². The average molecular weight is 269 g/mol. The fraction of sp³-hybridized carbons (Fsp3) is 0.933. The number of nitrogens with zero attached hydrogens (tertiary/aromatic N) is 1. The summed E-state index contributed by atoms with van der Waals surface area (Å²) in [5, 5.41) is 0. The fourth-order valence-electron chi connectivity index (χ4n) is 3.00. The second kappa shape index (κ2) is 7.85. The van der Waals surface area contributed by atoms with E-state index in [-0.39, 0.29) is 12.0 Å². The third-order valence-electron chi connectivity index (χ3n) is 4.30. The molecular weight excluding hydrogens is 242 g/mol. The van der Waals surface area contributed by atoms with Crippen molar-refractivity contribution in [3.05, 3.63) is 0 Å². The molecule has 1 aliphatic carbocycles. The zero-order chi connectivity index (χ0) is 13.5. The monoisotopic (exact) mass is 269 g/mol. The van der Waals surface area contributed by atoms with Crippen LogP contribution in [0.1, 0.15) is 51.4 Å². The highest BCUT2D eigenvalue weighted by Crippen LogP contribution is 2.22. The van der Waals surface area contributed by atoms with Gasteiger partial charge in [0.15, 0.2) is 0 Å². The van der Waals surface area contributed by atoms with Gasteiger partial charge in [-0.3, -0.25) is 4.79 Å². The van der Waals surface area contributed by atoms with E-state index in [0.717, 1.165) is 19.4 Å². The van der Waals surface area contributed by atoms with Gasteiger partial charge in [-0.15, -0.1) is 0 Å². The molecule has 0 spiro atoms. The van der Waals surface area contributed by atoms with Gasteiger partial charge in [0.2, 0.25) is 5.91 Å². The first kappa shape index (κ1) is 14.8. The molecule has 2 aliphatic rings. The highest BCUT2D eigenvalue weighted by atomic mass is 16.5. The molecule has 0 aromatic carbocycles. The molecule has 0 radical (unpaired) electrons. The Morgan fingerprint density at radius 1 is 1.21 bits per heavy atom. The number of ether oxygens (including phenoxy) is 2. The lowest BCUT2D eigenvalue weighted by Crippen LogP contribution is -2.38. The van der Waals surface area contributed by atoms with Crippen molar-refractivity contribution >= 4 is 5.91 Å². The Balaban J connectivity index is 1.57. The van der Waals surface area contributed by atoms with Gasteiger partial charge in [-0.05, 0) is 25.7 Å². The molecule has 110 valence electrons. The summed E-state index contributed by atoms with van der Waals surface area (Å²) in [6.07, 6.45) is 9.16. The molecule has 0 N–H and O–H groups in total. The van der Waals surface area contributed by atoms with Crippen LogP contribution in [0.5, 0.6) is 0 Å². The smallest absolute Gasteiger partial charge is 0.224 e. The molecule has 4 heteroatoms. The molecule has 1 saturated heterocycles. The molecule has 2 fully saturated rings. The molecule has 0 bridgehead atoms. The first-order valence-electron chi connectivity index (χ1n) is 7.72. The zero-order valence-corrected chi connectivity index (χ0v) is 12.1. The molecule has 1 saturated carbocycles. The Morgan fingerprint density at radius 3 is 2.68 bits per heavy atom. The zero-order valence-electron chi connectivity index (χ0n) is 12.1. The first-order chi connectivity index (χ1) is 9.27. The predicted molar refractivity (Wildman–Crippen MR) is 74.1 cm³/mol. The summed E-state index contributed by atoms with van der Waals surface area (Å²) in [5.74, 6) is 0.222. The van der Waals surface area contributed by atoms with E-state index in [2.05, 4.69) is 0 Å². The Morgan fingerprint density at radius 2 is 2.00 bits per heavy atom. The highest BCUT2D eigenvalue weighted by Gasteiger charge is 2.22. The largest absolute Gasteiger partial charge is 0.378 e. The van der Waals surface area contributed by atoms with Crippen molar-refractivity contribution in [1.29, 1.82) is 0 Å². The third kappa shape index (κ3) is 4.77. The summed E-state index contributed by atoms with van der Waals surface area (Å²) in [5.41, 5.74) is 0. The summed E-state index contributed by atoms with van der Waals surface area (Å²) in [6.45, 7) is 2.02. The maximum absolute atomic E-state index is 12.1. The second-order valence-corrected chi connectivity index (χ2v) is 5.76. The van der Waals surface area contributed by atoms with Gasteiger partial charge in [0.25, 0.3) is 0 Å². The summed E-state index contributed by atoms with van der Waals surface area (Å²) >= 11 is 0. The summed E-state index contributed by atoms with van der Waals surface area (Å²) in [6, 6.07) is 0.458. The van der Waals surface area contributed by atoms with E-state index in [4.69, 9.17) is 9.47 Å². The van der Waals surface area contributed by atoms with Crippen molar-refractivity contribution in [2.24, 2.45) is 0 Å². The van der Waals surface area contributed by atoms with Gasteiger partial charge >= 0.3 is 0 Å². The summed E-state index contributed by atoms with van der Waals surface area (Å²) in [7, 11) is 1.94. The maximum atomic E-state index is 12.1. The van der Waals surface area contributed by atoms with Crippen LogP contribution in [-0.4, -0.2) is 49.8 Å². The van der Waals surface area contributed by atoms with Crippen LogP contribution in [0.2, 0.25) is 0 Å². The van der Waals surface area contributed by atoms with Crippen LogP contribution in [0.4, 0.5) is 0 Å². The van der Waals surface area contributed by atoms with Crippen LogP contribution >= 0.6 is 0 Å². The second-order valence-electron chi connectivity index (χ2n) is 5.76. The van der Waals surface area contributed by atoms with Crippen LogP contribution in [0.3, 0.4) is 0 Å². The lowest BCUT2D eigenvalue weighted by atomic mass is 9.94. The quantitative estimate of drug-likeness (QED) is 0.695. The van der Waals surface area contributed by atoms with Gasteiger partial charge in [0, 0.05) is 19.7 Å². The number of rotatable bonds is 6. The summed E-state index contributed by atoms with van der Waals surface area (Å²) in [4.78, 5) is 14.0. The highest BCUT2D eigenvalue weighted by molar-refractivity contribution is 5.76. The lowest BCUT2D eigenvalue weighted by molar-refractivity contribution is -0.134. The topological polar surface area (TPSA) is 38.8 Å². The molecule has 1 aliphatic heterocycles. The molecule has 1 heterocycles. The fourth-order valence-corrected chi connectivity index (χ4v) is 3.00. The summed E-state index contributed by atoms with van der Waals surface area (Å²) < 4.78 is 11.0. The molecule has 4 nitrogen and oxygen atoms in total. The van der Waals surface area contributed by atoms with Gasteiger partial charge < -0.3 is 14.4 Å². The van der Waals surface area contributed by atoms with Gasteiger partial charge in [0.1, 0.15) is 0 Å². The maximum Gasteiger partial charge on any atom is 0.224 e. The van der Waals surface area contributed by atoms with Gasteiger partial charge in [-0.25, -0.2) is 0 Å². The minimum atomic E-state index is 0.222. The van der Waals surface area contributed by atoms with Gasteiger partial charge in [-0.2, -0.15) is 0 Å². The van der Waals surface area contributed by atoms with Crippen LogP contribution < -0.4 is 0 Å². The minimum absolute atomic E-state index is 0.222. The van der Waals surface area contributed by atoms with Crippen molar-refractivity contribution in [2.45, 2.75) is 63.5 Å². The van der Waals surface area contributed by atoms with Crippen molar-refractivity contribution < 1.29 is 14.3 Å². The normalized spacial score (nSPS) is 24.6. The average Bonchev–Trinajstić information content (AvgIpc) is 2.96. The van der Waals surface area contributed by atoms with E-state index in [1.165, 1.54) is 32.1 Å². The minimum Gasteiger partial charge on any atom is -0.378 e. The Labute approximate surface area is 116 Å². The number of carbonyl (C=O) groups excluding carboxylic acids is 1. The van der Waals surface area contributed by atoms with Crippen LogP contribution in [0.25, 0.3) is 0 Å². The molecule has 1 unspecified atom stereocenters. The van der Waals surface area contributed by atoms with Crippen molar-refractivity contribution in [2.75, 3.05) is 26.9 Å². The van der Waals surface area contributed by atoms with Crippen molar-refractivity contribution in [1.82, 2.24) is 4.90 Å². The molecule has 1 amide bonds. The van der Waals surface area contributed by atoms with Gasteiger partial charge in [0.05, 0.1) is 25.7 Å². The Hall–Kier alpha value is -0.610.